The highest BCUT2D eigenvalue weighted by molar-refractivity contribution is 8.00. The average Bonchev–Trinajstić information content (AvgIpc) is 3.04. The molecule has 5 nitrogen and oxygen atoms in total. The lowest BCUT2D eigenvalue weighted by Crippen LogP contribution is -2.49. The zero-order chi connectivity index (χ0) is 14.5. The van der Waals surface area contributed by atoms with E-state index in [4.69, 9.17) is 0 Å². The van der Waals surface area contributed by atoms with Crippen LogP contribution in [-0.2, 0) is 4.79 Å². The molecule has 22 heavy (non-hydrogen) atoms. The molecule has 1 unspecified atom stereocenters. The van der Waals surface area contributed by atoms with Crippen molar-refractivity contribution < 1.29 is 4.79 Å². The fraction of sp³-hybridized carbons (Fsp3) is 0.600. The zero-order valence-electron chi connectivity index (χ0n) is 12.6. The molecule has 0 saturated carbocycles. The van der Waals surface area contributed by atoms with Crippen molar-refractivity contribution in [1.82, 2.24) is 20.1 Å². The predicted molar refractivity (Wildman–Crippen MR) is 91.6 cm³/mol. The maximum absolute atomic E-state index is 12.3. The number of aromatic nitrogens is 1. The van der Waals surface area contributed by atoms with E-state index in [1.165, 1.54) is 0 Å². The van der Waals surface area contributed by atoms with Crippen LogP contribution in [0.15, 0.2) is 29.4 Å². The molecule has 0 spiro atoms. The van der Waals surface area contributed by atoms with Gasteiger partial charge < -0.3 is 10.2 Å². The number of nitrogens with zero attached hydrogens (tertiary/aromatic N) is 3. The van der Waals surface area contributed by atoms with Crippen LogP contribution in [0, 0.1) is 0 Å². The molecule has 1 amide bonds. The Morgan fingerprint density at radius 1 is 1.27 bits per heavy atom. The van der Waals surface area contributed by atoms with Gasteiger partial charge in [0.15, 0.2) is 0 Å². The second-order valence-electron chi connectivity index (χ2n) is 5.54. The third-order valence-electron chi connectivity index (χ3n) is 4.20. The summed E-state index contributed by atoms with van der Waals surface area (Å²) in [6.45, 7) is 6.17. The highest BCUT2D eigenvalue weighted by Crippen LogP contribution is 2.20. The first-order valence-electron chi connectivity index (χ1n) is 7.58. The summed E-state index contributed by atoms with van der Waals surface area (Å²) in [4.78, 5) is 22.0. The minimum atomic E-state index is 0. The molecule has 122 valence electrons. The van der Waals surface area contributed by atoms with E-state index in [0.717, 1.165) is 50.6 Å². The van der Waals surface area contributed by atoms with E-state index in [1.54, 1.807) is 24.2 Å². The summed E-state index contributed by atoms with van der Waals surface area (Å²) in [7, 11) is 0. The summed E-state index contributed by atoms with van der Waals surface area (Å²) in [6, 6.07) is 4.46. The molecule has 0 aromatic carbocycles. The van der Waals surface area contributed by atoms with Crippen molar-refractivity contribution in [3.63, 3.8) is 0 Å². The van der Waals surface area contributed by atoms with Crippen LogP contribution in [0.4, 0.5) is 0 Å². The number of pyridine rings is 1. The number of piperazine rings is 1. The quantitative estimate of drug-likeness (QED) is 0.830. The summed E-state index contributed by atoms with van der Waals surface area (Å²) in [5, 5.41) is 3.38. The van der Waals surface area contributed by atoms with Crippen LogP contribution in [0.5, 0.6) is 0 Å². The van der Waals surface area contributed by atoms with E-state index >= 15 is 0 Å². The van der Waals surface area contributed by atoms with Crippen LogP contribution >= 0.6 is 24.2 Å². The Bertz CT molecular complexity index is 470. The smallest absolute Gasteiger partial charge is 0.232 e. The number of carbonyl (C=O) groups excluding carboxylic acids is 1. The largest absolute Gasteiger partial charge is 0.340 e. The minimum absolute atomic E-state index is 0. The first-order valence-corrected chi connectivity index (χ1v) is 8.57. The molecule has 1 aromatic heterocycles. The van der Waals surface area contributed by atoms with Crippen LogP contribution in [0.3, 0.4) is 0 Å². The van der Waals surface area contributed by atoms with E-state index < -0.39 is 0 Å². The van der Waals surface area contributed by atoms with Crippen molar-refractivity contribution in [2.75, 3.05) is 45.0 Å². The van der Waals surface area contributed by atoms with Crippen molar-refractivity contribution in [1.29, 1.82) is 0 Å². The molecule has 0 bridgehead atoms. The number of halogens is 1. The molecular formula is C15H23ClN4OS. The van der Waals surface area contributed by atoms with Gasteiger partial charge in [0.2, 0.25) is 5.91 Å². The molecule has 0 aliphatic carbocycles. The van der Waals surface area contributed by atoms with Crippen molar-refractivity contribution in [3.05, 3.63) is 24.5 Å². The number of hydrogen-bond donors (Lipinski definition) is 1. The topological polar surface area (TPSA) is 48.5 Å². The van der Waals surface area contributed by atoms with Crippen molar-refractivity contribution in [2.45, 2.75) is 17.4 Å². The minimum Gasteiger partial charge on any atom is -0.340 e. The molecule has 2 fully saturated rings. The summed E-state index contributed by atoms with van der Waals surface area (Å²) < 4.78 is 0. The molecule has 3 heterocycles. The van der Waals surface area contributed by atoms with Gasteiger partial charge in [0.05, 0.1) is 5.75 Å². The van der Waals surface area contributed by atoms with Crippen LogP contribution in [-0.4, -0.2) is 71.8 Å². The normalized spacial score (nSPS) is 22.4. The third kappa shape index (κ3) is 4.59. The maximum atomic E-state index is 12.3. The first-order chi connectivity index (χ1) is 10.3. The van der Waals surface area contributed by atoms with Gasteiger partial charge in [0.25, 0.3) is 0 Å². The summed E-state index contributed by atoms with van der Waals surface area (Å²) in [5.74, 6) is 0.785. The second kappa shape index (κ2) is 8.72. The SMILES string of the molecule is Cl.O=C(CSc1ccncc1)N1CCC(N2CCNCC2)C1. The highest BCUT2D eigenvalue weighted by Gasteiger charge is 2.30. The van der Waals surface area contributed by atoms with Crippen LogP contribution in [0.25, 0.3) is 0 Å². The summed E-state index contributed by atoms with van der Waals surface area (Å²) in [5.41, 5.74) is 0. The summed E-state index contributed by atoms with van der Waals surface area (Å²) in [6.07, 6.45) is 4.65. The first kappa shape index (κ1) is 17.5. The van der Waals surface area contributed by atoms with Gasteiger partial charge in [-0.15, -0.1) is 24.2 Å². The van der Waals surface area contributed by atoms with E-state index in [1.807, 2.05) is 17.0 Å². The van der Waals surface area contributed by atoms with Gasteiger partial charge >= 0.3 is 0 Å². The fourth-order valence-corrected chi connectivity index (χ4v) is 3.77. The molecule has 1 atom stereocenters. The van der Waals surface area contributed by atoms with Gasteiger partial charge in [-0.3, -0.25) is 14.7 Å². The number of rotatable bonds is 4. The Hall–Kier alpha value is -0.820. The Labute approximate surface area is 142 Å². The molecule has 2 aliphatic heterocycles. The predicted octanol–water partition coefficient (Wildman–Crippen LogP) is 1.10. The standard InChI is InChI=1S/C15H22N4OS.ClH/c20-15(12-21-14-1-4-16-5-2-14)19-8-3-13(11-19)18-9-6-17-7-10-18;/h1-2,4-5,13,17H,3,6-12H2;1H. The number of thioether (sulfide) groups is 1. The van der Waals surface area contributed by atoms with E-state index in [-0.39, 0.29) is 18.3 Å². The number of amides is 1. The molecular weight excluding hydrogens is 320 g/mol. The van der Waals surface area contributed by atoms with E-state index in [2.05, 4.69) is 15.2 Å². The van der Waals surface area contributed by atoms with E-state index in [9.17, 15) is 4.79 Å². The Balaban J connectivity index is 0.00000176. The molecule has 1 aromatic rings. The Morgan fingerprint density at radius 2 is 2.00 bits per heavy atom. The summed E-state index contributed by atoms with van der Waals surface area (Å²) >= 11 is 1.60. The van der Waals surface area contributed by atoms with Gasteiger partial charge in [-0.2, -0.15) is 0 Å². The van der Waals surface area contributed by atoms with Crippen LogP contribution in [0.2, 0.25) is 0 Å². The lowest BCUT2D eigenvalue weighted by atomic mass is 10.2. The molecule has 3 rings (SSSR count). The third-order valence-corrected chi connectivity index (χ3v) is 5.19. The lowest BCUT2D eigenvalue weighted by Gasteiger charge is -2.32. The van der Waals surface area contributed by atoms with Crippen molar-refractivity contribution in [3.8, 4) is 0 Å². The number of nitrogens with one attached hydrogen (secondary N) is 1. The molecule has 1 N–H and O–H groups in total. The fourth-order valence-electron chi connectivity index (χ4n) is 2.98. The molecule has 2 saturated heterocycles. The molecule has 0 radical (unpaired) electrons. The van der Waals surface area contributed by atoms with Crippen molar-refractivity contribution >= 4 is 30.1 Å². The number of hydrogen-bond acceptors (Lipinski definition) is 5. The van der Waals surface area contributed by atoms with E-state index in [0.29, 0.717) is 11.8 Å². The van der Waals surface area contributed by atoms with Crippen LogP contribution in [0.1, 0.15) is 6.42 Å². The maximum Gasteiger partial charge on any atom is 0.232 e. The van der Waals surface area contributed by atoms with Gasteiger partial charge in [-0.05, 0) is 18.6 Å². The second-order valence-corrected chi connectivity index (χ2v) is 6.59. The van der Waals surface area contributed by atoms with Gasteiger partial charge in [0.1, 0.15) is 0 Å². The Morgan fingerprint density at radius 3 is 2.73 bits per heavy atom. The highest BCUT2D eigenvalue weighted by atomic mass is 35.5. The van der Waals surface area contributed by atoms with Gasteiger partial charge in [-0.25, -0.2) is 0 Å². The number of carbonyl (C=O) groups is 1. The Kier molecular flexibility index (Phi) is 6.95. The molecule has 7 heteroatoms. The average molecular weight is 343 g/mol. The van der Waals surface area contributed by atoms with Gasteiger partial charge in [0, 0.05) is 62.6 Å². The van der Waals surface area contributed by atoms with Gasteiger partial charge in [-0.1, -0.05) is 0 Å². The zero-order valence-corrected chi connectivity index (χ0v) is 14.2. The number of likely N-dealkylation sites (tertiary alicyclic amines) is 1. The monoisotopic (exact) mass is 342 g/mol. The van der Waals surface area contributed by atoms with Crippen molar-refractivity contribution in [2.24, 2.45) is 0 Å². The lowest BCUT2D eigenvalue weighted by molar-refractivity contribution is -0.127. The molecule has 2 aliphatic rings. The van der Waals surface area contributed by atoms with Crippen LogP contribution < -0.4 is 5.32 Å².